The van der Waals surface area contributed by atoms with Crippen molar-refractivity contribution in [2.24, 2.45) is 5.73 Å². The zero-order valence-electron chi connectivity index (χ0n) is 34.0. The van der Waals surface area contributed by atoms with Crippen LogP contribution >= 0.6 is 11.6 Å². The highest BCUT2D eigenvalue weighted by Gasteiger charge is 2.23. The maximum absolute atomic E-state index is 12.5. The van der Waals surface area contributed by atoms with E-state index in [9.17, 15) is 19.5 Å². The van der Waals surface area contributed by atoms with Gasteiger partial charge in [0.25, 0.3) is 5.91 Å². The van der Waals surface area contributed by atoms with Gasteiger partial charge in [0.2, 0.25) is 0 Å². The number of carboxylic acid groups (broad SMARTS) is 1. The lowest BCUT2D eigenvalue weighted by atomic mass is 10.0. The Balaban J connectivity index is 0.000000209. The van der Waals surface area contributed by atoms with Crippen molar-refractivity contribution < 1.29 is 24.2 Å². The summed E-state index contributed by atoms with van der Waals surface area (Å²) in [4.78, 5) is 53.8. The van der Waals surface area contributed by atoms with Crippen LogP contribution in [0.5, 0.6) is 0 Å². The SMILES string of the molecule is COC(=O)[C@@H](N)Cc1ccc(CCCc2ccc3c(n2)NCCC3)cn1.O=C(N[C@@H](Cc1ccc(CCCc2ccc3c(n2)NCCC3)cn1)C(=O)O)c1ccccc1Cl. The number of nitrogens with one attached hydrogen (secondary N) is 3. The predicted octanol–water partition coefficient (Wildman–Crippen LogP) is 6.14. The molecule has 6 heterocycles. The number of hydrogen-bond donors (Lipinski definition) is 5. The number of carbonyl (C=O) groups is 3. The van der Waals surface area contributed by atoms with E-state index in [1.54, 1.807) is 30.5 Å². The molecule has 1 amide bonds. The molecule has 7 rings (SSSR count). The van der Waals surface area contributed by atoms with Gasteiger partial charge in [-0.3, -0.25) is 19.6 Å². The van der Waals surface area contributed by atoms with Gasteiger partial charge < -0.3 is 31.5 Å². The third-order valence-corrected chi connectivity index (χ3v) is 10.9. The van der Waals surface area contributed by atoms with E-state index in [0.717, 1.165) is 105 Å². The van der Waals surface area contributed by atoms with Crippen molar-refractivity contribution in [3.8, 4) is 0 Å². The molecule has 2 aliphatic heterocycles. The summed E-state index contributed by atoms with van der Waals surface area (Å²) in [5, 5.41) is 19.1. The molecule has 1 aromatic carbocycles. The molecule has 2 atom stereocenters. The van der Waals surface area contributed by atoms with E-state index in [-0.39, 0.29) is 17.0 Å². The van der Waals surface area contributed by atoms with Gasteiger partial charge in [0.15, 0.2) is 0 Å². The molecule has 60 heavy (non-hydrogen) atoms. The van der Waals surface area contributed by atoms with Gasteiger partial charge in [-0.15, -0.1) is 0 Å². The summed E-state index contributed by atoms with van der Waals surface area (Å²) in [6.07, 6.45) is 14.2. The van der Waals surface area contributed by atoms with Gasteiger partial charge >= 0.3 is 11.9 Å². The predicted molar refractivity (Wildman–Crippen MR) is 232 cm³/mol. The fraction of sp³-hybridized carbons (Fsp3) is 0.370. The van der Waals surface area contributed by atoms with Crippen LogP contribution in [0.25, 0.3) is 0 Å². The summed E-state index contributed by atoms with van der Waals surface area (Å²) in [6, 6.07) is 21.1. The minimum absolute atomic E-state index is 0.0812. The van der Waals surface area contributed by atoms with Gasteiger partial charge in [0.05, 0.1) is 17.7 Å². The average Bonchev–Trinajstić information content (AvgIpc) is 3.27. The second-order valence-electron chi connectivity index (χ2n) is 15.1. The van der Waals surface area contributed by atoms with Crippen molar-refractivity contribution in [2.75, 3.05) is 30.8 Å². The number of halogens is 1. The number of nitrogens with zero attached hydrogens (tertiary/aromatic N) is 4. The maximum atomic E-state index is 12.5. The molecule has 0 radical (unpaired) electrons. The molecule has 13 nitrogen and oxygen atoms in total. The first kappa shape index (κ1) is 43.7. The lowest BCUT2D eigenvalue weighted by molar-refractivity contribution is -0.142. The first-order chi connectivity index (χ1) is 29.1. The standard InChI is InChI=1S/C26H27ClN4O3.C20H26N4O2/c27-22-9-2-1-8-21(22)25(32)31-23(26(33)34)15-20-12-10-17(16-29-20)5-3-7-19-13-11-18-6-4-14-28-24(18)30-19;1-26-20(25)18(21)12-17-9-7-14(13-23-17)4-2-6-16-10-8-15-5-3-11-22-19(15)24-16/h1-2,8-13,16,23H,3-7,14-15H2,(H,28,30)(H,31,32)(H,33,34);7-10,13,18H,2-6,11-12,21H2,1H3,(H,22,24)/t23-;18-/m00/s1. The van der Waals surface area contributed by atoms with Crippen LogP contribution in [0.15, 0.2) is 85.2 Å². The molecule has 4 aromatic heterocycles. The minimum Gasteiger partial charge on any atom is -0.480 e. The molecule has 0 saturated carbocycles. The highest BCUT2D eigenvalue weighted by atomic mass is 35.5. The van der Waals surface area contributed by atoms with E-state index in [2.05, 4.69) is 54.9 Å². The topological polar surface area (TPSA) is 194 Å². The summed E-state index contributed by atoms with van der Waals surface area (Å²) in [5.74, 6) is 0.00735. The zero-order valence-corrected chi connectivity index (χ0v) is 34.7. The number of ether oxygens (including phenoxy) is 1. The number of fused-ring (bicyclic) bond motifs is 2. The lowest BCUT2D eigenvalue weighted by Gasteiger charge is -2.17. The van der Waals surface area contributed by atoms with Crippen LogP contribution in [0, 0.1) is 0 Å². The van der Waals surface area contributed by atoms with Gasteiger partial charge in [-0.2, -0.15) is 0 Å². The second-order valence-corrected chi connectivity index (χ2v) is 15.5. The third-order valence-electron chi connectivity index (χ3n) is 10.5. The zero-order chi connectivity index (χ0) is 42.3. The number of aryl methyl sites for hydroxylation is 6. The van der Waals surface area contributed by atoms with Crippen LogP contribution in [-0.2, 0) is 65.7 Å². The Morgan fingerprint density at radius 2 is 1.28 bits per heavy atom. The number of nitrogens with two attached hydrogens (primary N) is 1. The Labute approximate surface area is 356 Å². The van der Waals surface area contributed by atoms with E-state index >= 15 is 0 Å². The highest BCUT2D eigenvalue weighted by molar-refractivity contribution is 6.33. The number of carbonyl (C=O) groups excluding carboxylic acids is 2. The summed E-state index contributed by atoms with van der Waals surface area (Å²) in [5.41, 5.74) is 14.5. The molecule has 0 unspecified atom stereocenters. The molecule has 0 spiro atoms. The Bertz CT molecular complexity index is 2220. The maximum Gasteiger partial charge on any atom is 0.326 e. The number of aliphatic carboxylic acids is 1. The Morgan fingerprint density at radius 1 is 0.750 bits per heavy atom. The smallest absolute Gasteiger partial charge is 0.326 e. The molecule has 0 saturated heterocycles. The van der Waals surface area contributed by atoms with Gasteiger partial charge in [0.1, 0.15) is 23.7 Å². The molecule has 2 aliphatic rings. The number of carboxylic acids is 1. The third kappa shape index (κ3) is 12.8. The molecule has 0 bridgehead atoms. The fourth-order valence-corrected chi connectivity index (χ4v) is 7.38. The second kappa shape index (κ2) is 21.9. The summed E-state index contributed by atoms with van der Waals surface area (Å²) >= 11 is 6.04. The minimum atomic E-state index is -1.13. The van der Waals surface area contributed by atoms with Crippen molar-refractivity contribution in [3.63, 3.8) is 0 Å². The number of anilines is 2. The molecule has 314 valence electrons. The molecule has 0 aliphatic carbocycles. The first-order valence-electron chi connectivity index (χ1n) is 20.6. The molecule has 0 fully saturated rings. The number of methoxy groups -OCH3 is 1. The van der Waals surface area contributed by atoms with E-state index in [4.69, 9.17) is 27.3 Å². The van der Waals surface area contributed by atoms with Crippen molar-refractivity contribution in [1.82, 2.24) is 25.3 Å². The monoisotopic (exact) mass is 832 g/mol. The molecule has 14 heteroatoms. The van der Waals surface area contributed by atoms with Gasteiger partial charge in [-0.25, -0.2) is 14.8 Å². The number of pyridine rings is 4. The number of amides is 1. The molecule has 6 N–H and O–H groups in total. The van der Waals surface area contributed by atoms with Crippen LogP contribution in [0.4, 0.5) is 11.6 Å². The number of benzene rings is 1. The van der Waals surface area contributed by atoms with E-state index in [1.807, 2.05) is 30.5 Å². The normalized spacial score (nSPS) is 13.8. The Hall–Kier alpha value is -5.92. The highest BCUT2D eigenvalue weighted by Crippen LogP contribution is 2.22. The van der Waals surface area contributed by atoms with Crippen LogP contribution in [0.2, 0.25) is 5.02 Å². The number of hydrogen-bond acceptors (Lipinski definition) is 11. The summed E-state index contributed by atoms with van der Waals surface area (Å²) in [7, 11) is 1.34. The van der Waals surface area contributed by atoms with Crippen LogP contribution in [-0.4, -0.2) is 75.2 Å². The lowest BCUT2D eigenvalue weighted by Crippen LogP contribution is -2.42. The van der Waals surface area contributed by atoms with Crippen molar-refractivity contribution >= 4 is 41.1 Å². The van der Waals surface area contributed by atoms with Crippen molar-refractivity contribution in [2.45, 2.75) is 89.1 Å². The summed E-state index contributed by atoms with van der Waals surface area (Å²) in [6.45, 7) is 2.00. The van der Waals surface area contributed by atoms with E-state index < -0.39 is 29.9 Å². The van der Waals surface area contributed by atoms with E-state index in [1.165, 1.54) is 30.2 Å². The van der Waals surface area contributed by atoms with E-state index in [0.29, 0.717) is 12.1 Å². The molecule has 5 aromatic rings. The molecular weight excluding hydrogens is 780 g/mol. The number of aromatic nitrogens is 4. The van der Waals surface area contributed by atoms with Crippen LogP contribution in [0.1, 0.15) is 81.1 Å². The Morgan fingerprint density at radius 3 is 1.78 bits per heavy atom. The quantitative estimate of drug-likeness (QED) is 0.0714. The average molecular weight is 833 g/mol. The Kier molecular flexibility index (Phi) is 15.9. The van der Waals surface area contributed by atoms with Crippen molar-refractivity contribution in [1.29, 1.82) is 0 Å². The largest absolute Gasteiger partial charge is 0.480 e. The van der Waals surface area contributed by atoms with Crippen LogP contribution < -0.4 is 21.7 Å². The summed E-state index contributed by atoms with van der Waals surface area (Å²) < 4.78 is 4.64. The molecular formula is C46H53ClN8O5. The van der Waals surface area contributed by atoms with Crippen molar-refractivity contribution in [3.05, 3.63) is 141 Å². The van der Waals surface area contributed by atoms with Gasteiger partial charge in [-0.1, -0.05) is 48.0 Å². The number of esters is 1. The fourth-order valence-electron chi connectivity index (χ4n) is 7.16. The van der Waals surface area contributed by atoms with Gasteiger partial charge in [-0.05, 0) is 123 Å². The first-order valence-corrected chi connectivity index (χ1v) is 21.0. The van der Waals surface area contributed by atoms with Gasteiger partial charge in [0, 0.05) is 61.1 Å². The van der Waals surface area contributed by atoms with Crippen LogP contribution in [0.3, 0.4) is 0 Å². The number of rotatable bonds is 16.